The number of carbonyl (C=O) groups excluding carboxylic acids is 1. The van der Waals surface area contributed by atoms with Crippen LogP contribution >= 0.6 is 0 Å². The largest absolute Gasteiger partial charge is 0.496 e. The van der Waals surface area contributed by atoms with E-state index in [0.29, 0.717) is 39.0 Å². The van der Waals surface area contributed by atoms with Crippen LogP contribution in [0.15, 0.2) is 18.2 Å². The lowest BCUT2D eigenvalue weighted by molar-refractivity contribution is -0.131. The first-order valence-electron chi connectivity index (χ1n) is 8.26. The summed E-state index contributed by atoms with van der Waals surface area (Å²) in [4.78, 5) is 14.2. The molecule has 1 saturated heterocycles. The minimum Gasteiger partial charge on any atom is -0.496 e. The number of methoxy groups -OCH3 is 1. The van der Waals surface area contributed by atoms with Crippen molar-refractivity contribution in [2.24, 2.45) is 0 Å². The Kier molecular flexibility index (Phi) is 6.23. The number of nitrogens with zero attached hydrogens (tertiary/aromatic N) is 2. The van der Waals surface area contributed by atoms with Gasteiger partial charge in [-0.2, -0.15) is 4.31 Å². The summed E-state index contributed by atoms with van der Waals surface area (Å²) < 4.78 is 30.8. The average Bonchev–Trinajstić information content (AvgIpc) is 2.55. The minimum atomic E-state index is -3.17. The van der Waals surface area contributed by atoms with Crippen molar-refractivity contribution in [1.29, 1.82) is 0 Å². The number of sulfonamides is 1. The first kappa shape index (κ1) is 18.7. The van der Waals surface area contributed by atoms with Gasteiger partial charge >= 0.3 is 0 Å². The fraction of sp³-hybridized carbons (Fsp3) is 0.588. The van der Waals surface area contributed by atoms with E-state index in [0.717, 1.165) is 16.9 Å². The molecule has 0 bridgehead atoms. The van der Waals surface area contributed by atoms with Crippen LogP contribution in [-0.2, 0) is 21.2 Å². The average molecular weight is 354 g/mol. The highest BCUT2D eigenvalue weighted by molar-refractivity contribution is 7.89. The lowest BCUT2D eigenvalue weighted by Crippen LogP contribution is -2.51. The van der Waals surface area contributed by atoms with E-state index in [9.17, 15) is 13.2 Å². The number of aryl methyl sites for hydroxylation is 1. The number of piperazine rings is 1. The normalized spacial score (nSPS) is 16.2. The Morgan fingerprint density at radius 1 is 1.21 bits per heavy atom. The maximum absolute atomic E-state index is 12.4. The summed E-state index contributed by atoms with van der Waals surface area (Å²) in [6, 6.07) is 5.72. The molecule has 1 amide bonds. The standard InChI is InChI=1S/C17H26N2O4S/c1-4-11-24(21,22)19-9-7-18(8-10-19)17(20)13-15-5-6-16(23-3)14(2)12-15/h5-6,12H,4,7-11,13H2,1-3H3. The number of hydrogen-bond donors (Lipinski definition) is 0. The molecule has 0 N–H and O–H groups in total. The van der Waals surface area contributed by atoms with Crippen molar-refractivity contribution in [3.8, 4) is 5.75 Å². The molecule has 1 aromatic carbocycles. The number of hydrogen-bond acceptors (Lipinski definition) is 4. The van der Waals surface area contributed by atoms with Crippen LogP contribution in [0.1, 0.15) is 24.5 Å². The Morgan fingerprint density at radius 3 is 2.42 bits per heavy atom. The van der Waals surface area contributed by atoms with E-state index in [1.165, 1.54) is 4.31 Å². The highest BCUT2D eigenvalue weighted by atomic mass is 32.2. The second-order valence-electron chi connectivity index (χ2n) is 6.08. The lowest BCUT2D eigenvalue weighted by atomic mass is 10.1. The van der Waals surface area contributed by atoms with Gasteiger partial charge in [-0.3, -0.25) is 4.79 Å². The Bertz CT molecular complexity index is 680. The first-order valence-corrected chi connectivity index (χ1v) is 9.87. The molecule has 1 heterocycles. The second-order valence-corrected chi connectivity index (χ2v) is 8.17. The van der Waals surface area contributed by atoms with Crippen molar-refractivity contribution >= 4 is 15.9 Å². The molecule has 0 spiro atoms. The fourth-order valence-corrected chi connectivity index (χ4v) is 4.43. The molecule has 1 aliphatic heterocycles. The van der Waals surface area contributed by atoms with Gasteiger partial charge in [0.15, 0.2) is 0 Å². The van der Waals surface area contributed by atoms with E-state index in [4.69, 9.17) is 4.74 Å². The van der Waals surface area contributed by atoms with Gasteiger partial charge in [-0.1, -0.05) is 19.1 Å². The summed E-state index contributed by atoms with van der Waals surface area (Å²) in [6.45, 7) is 5.48. The molecule has 2 rings (SSSR count). The maximum Gasteiger partial charge on any atom is 0.227 e. The van der Waals surface area contributed by atoms with Gasteiger partial charge in [0.05, 0.1) is 19.3 Å². The van der Waals surface area contributed by atoms with E-state index >= 15 is 0 Å². The predicted octanol–water partition coefficient (Wildman–Crippen LogP) is 1.43. The van der Waals surface area contributed by atoms with E-state index in [1.807, 2.05) is 32.0 Å². The van der Waals surface area contributed by atoms with Gasteiger partial charge in [-0.05, 0) is 30.5 Å². The molecule has 0 saturated carbocycles. The van der Waals surface area contributed by atoms with Crippen molar-refractivity contribution in [3.63, 3.8) is 0 Å². The van der Waals surface area contributed by atoms with Crippen molar-refractivity contribution in [2.75, 3.05) is 39.0 Å². The zero-order chi connectivity index (χ0) is 17.7. The molecule has 1 fully saturated rings. The van der Waals surface area contributed by atoms with Crippen LogP contribution in [-0.4, -0.2) is 62.6 Å². The quantitative estimate of drug-likeness (QED) is 0.775. The molecular formula is C17H26N2O4S. The van der Waals surface area contributed by atoms with Gasteiger partial charge < -0.3 is 9.64 Å². The van der Waals surface area contributed by atoms with Crippen LogP contribution in [0, 0.1) is 6.92 Å². The van der Waals surface area contributed by atoms with Gasteiger partial charge in [0, 0.05) is 26.2 Å². The Labute approximate surface area is 144 Å². The van der Waals surface area contributed by atoms with Gasteiger partial charge in [-0.25, -0.2) is 8.42 Å². The molecule has 7 heteroatoms. The van der Waals surface area contributed by atoms with Crippen molar-refractivity contribution in [1.82, 2.24) is 9.21 Å². The lowest BCUT2D eigenvalue weighted by Gasteiger charge is -2.34. The third-order valence-corrected chi connectivity index (χ3v) is 6.34. The predicted molar refractivity (Wildman–Crippen MR) is 93.7 cm³/mol. The van der Waals surface area contributed by atoms with E-state index < -0.39 is 10.0 Å². The van der Waals surface area contributed by atoms with Crippen LogP contribution in [0.5, 0.6) is 5.75 Å². The molecule has 134 valence electrons. The van der Waals surface area contributed by atoms with Crippen molar-refractivity contribution < 1.29 is 17.9 Å². The zero-order valence-electron chi connectivity index (χ0n) is 14.6. The van der Waals surface area contributed by atoms with Gasteiger partial charge in [-0.15, -0.1) is 0 Å². The summed E-state index contributed by atoms with van der Waals surface area (Å²) in [6.07, 6.45) is 0.935. The molecular weight excluding hydrogens is 328 g/mol. The zero-order valence-corrected chi connectivity index (χ0v) is 15.4. The summed E-state index contributed by atoms with van der Waals surface area (Å²) in [5, 5.41) is 0. The highest BCUT2D eigenvalue weighted by Gasteiger charge is 2.28. The smallest absolute Gasteiger partial charge is 0.227 e. The third-order valence-electron chi connectivity index (χ3n) is 4.26. The molecule has 6 nitrogen and oxygen atoms in total. The van der Waals surface area contributed by atoms with Crippen LogP contribution in [0.4, 0.5) is 0 Å². The van der Waals surface area contributed by atoms with E-state index in [-0.39, 0.29) is 11.7 Å². The molecule has 0 unspecified atom stereocenters. The highest BCUT2D eigenvalue weighted by Crippen LogP contribution is 2.19. The number of amides is 1. The molecule has 0 atom stereocenters. The number of benzene rings is 1. The first-order chi connectivity index (χ1) is 11.4. The molecule has 24 heavy (non-hydrogen) atoms. The molecule has 1 aromatic rings. The molecule has 0 aliphatic carbocycles. The Morgan fingerprint density at radius 2 is 1.88 bits per heavy atom. The van der Waals surface area contributed by atoms with Crippen LogP contribution in [0.2, 0.25) is 0 Å². The van der Waals surface area contributed by atoms with Crippen LogP contribution in [0.3, 0.4) is 0 Å². The Hall–Kier alpha value is -1.60. The fourth-order valence-electron chi connectivity index (χ4n) is 2.94. The second kappa shape index (κ2) is 7.98. The topological polar surface area (TPSA) is 66.9 Å². The number of carbonyl (C=O) groups is 1. The van der Waals surface area contributed by atoms with Gasteiger partial charge in [0.2, 0.25) is 15.9 Å². The Balaban J connectivity index is 1.92. The van der Waals surface area contributed by atoms with Crippen LogP contribution < -0.4 is 4.74 Å². The number of rotatable bonds is 6. The maximum atomic E-state index is 12.4. The summed E-state index contributed by atoms with van der Waals surface area (Å²) >= 11 is 0. The van der Waals surface area contributed by atoms with E-state index in [2.05, 4.69) is 0 Å². The summed E-state index contributed by atoms with van der Waals surface area (Å²) in [5.41, 5.74) is 1.94. The SMILES string of the molecule is CCCS(=O)(=O)N1CCN(C(=O)Cc2ccc(OC)c(C)c2)CC1. The molecule has 0 aromatic heterocycles. The van der Waals surface area contributed by atoms with Crippen molar-refractivity contribution in [2.45, 2.75) is 26.7 Å². The third kappa shape index (κ3) is 4.48. The molecule has 0 radical (unpaired) electrons. The van der Waals surface area contributed by atoms with E-state index in [1.54, 1.807) is 12.0 Å². The van der Waals surface area contributed by atoms with Gasteiger partial charge in [0.25, 0.3) is 0 Å². The summed E-state index contributed by atoms with van der Waals surface area (Å²) in [5.74, 6) is 1.01. The van der Waals surface area contributed by atoms with Crippen molar-refractivity contribution in [3.05, 3.63) is 29.3 Å². The summed E-state index contributed by atoms with van der Waals surface area (Å²) in [7, 11) is -1.55. The molecule has 1 aliphatic rings. The minimum absolute atomic E-state index is 0.0344. The van der Waals surface area contributed by atoms with Crippen LogP contribution in [0.25, 0.3) is 0 Å². The monoisotopic (exact) mass is 354 g/mol. The van der Waals surface area contributed by atoms with Gasteiger partial charge in [0.1, 0.15) is 5.75 Å². The number of ether oxygens (including phenoxy) is 1.